The Morgan fingerprint density at radius 1 is 0.675 bits per heavy atom. The fourth-order valence-electron chi connectivity index (χ4n) is 10.9. The average Bonchev–Trinajstić information content (AvgIpc) is 3.51. The van der Waals surface area contributed by atoms with Crippen LogP contribution in [-0.2, 0) is 10.8 Å². The zero-order valence-corrected chi connectivity index (χ0v) is 25.0. The van der Waals surface area contributed by atoms with Gasteiger partial charge in [0, 0.05) is 42.8 Å². The van der Waals surface area contributed by atoms with Crippen molar-refractivity contribution in [1.29, 1.82) is 0 Å². The second-order valence-electron chi connectivity index (χ2n) is 14.7. The molecular weight excluding hydrogens is 503 g/mol. The molecule has 0 bridgehead atoms. The first-order chi connectivity index (χ1) is 19.3. The lowest BCUT2D eigenvalue weighted by molar-refractivity contribution is 0.190. The van der Waals surface area contributed by atoms with Gasteiger partial charge in [-0.3, -0.25) is 0 Å². The number of nitrogens with zero attached hydrogens (tertiary/aromatic N) is 2. The molecule has 200 valence electrons. The zero-order chi connectivity index (χ0) is 26.8. The molecular formula is C36H37BN2S. The quantitative estimate of drug-likeness (QED) is 0.213. The van der Waals surface area contributed by atoms with Gasteiger partial charge in [0.1, 0.15) is 0 Å². The molecule has 0 N–H and O–H groups in total. The molecule has 2 saturated carbocycles. The molecule has 0 radical (unpaired) electrons. The zero-order valence-electron chi connectivity index (χ0n) is 24.2. The van der Waals surface area contributed by atoms with Gasteiger partial charge in [-0.15, -0.1) is 11.3 Å². The SMILES string of the molecule is CC12CCCCC1(C)N1c3ccccc3B3c4sc5ccccc5c4N4c5c(cc2c1c53)C1(C)CCCCC41C. The second kappa shape index (κ2) is 6.84. The lowest BCUT2D eigenvalue weighted by Crippen LogP contribution is -2.65. The minimum absolute atomic E-state index is 0.0985. The summed E-state index contributed by atoms with van der Waals surface area (Å²) in [5.74, 6) is 0. The molecule has 1 aromatic heterocycles. The highest BCUT2D eigenvalue weighted by Gasteiger charge is 2.67. The molecule has 4 aliphatic heterocycles. The van der Waals surface area contributed by atoms with Crippen LogP contribution in [0.5, 0.6) is 0 Å². The number of anilines is 4. The maximum atomic E-state index is 2.93. The Kier molecular flexibility index (Phi) is 3.92. The predicted molar refractivity (Wildman–Crippen MR) is 172 cm³/mol. The third-order valence-electron chi connectivity index (χ3n) is 13.3. The summed E-state index contributed by atoms with van der Waals surface area (Å²) >= 11 is 2.07. The van der Waals surface area contributed by atoms with Crippen molar-refractivity contribution in [3.05, 3.63) is 65.7 Å². The lowest BCUT2D eigenvalue weighted by Gasteiger charge is -2.53. The summed E-state index contributed by atoms with van der Waals surface area (Å²) in [6, 6.07) is 21.6. The van der Waals surface area contributed by atoms with E-state index in [0.29, 0.717) is 6.71 Å². The lowest BCUT2D eigenvalue weighted by atomic mass is 9.36. The van der Waals surface area contributed by atoms with E-state index in [1.54, 1.807) is 32.7 Å². The average molecular weight is 541 g/mol. The standard InChI is InChI=1S/C36H37BN2S/c1-33-17-9-11-19-35(33,3)38-26-15-7-6-14-25(26)37-28-30(38)23(33)21-24-31(28)39(36(4)20-12-10-18-34(24,36)2)29-22-13-5-8-16-27(22)40-32(29)37/h5-8,13-16,21H,9-12,17-20H2,1-4H3. The van der Waals surface area contributed by atoms with Gasteiger partial charge in [-0.1, -0.05) is 82.0 Å². The van der Waals surface area contributed by atoms with E-state index in [1.165, 1.54) is 78.3 Å². The Bertz CT molecular complexity index is 1820. The van der Waals surface area contributed by atoms with Crippen LogP contribution in [0.1, 0.15) is 90.2 Å². The van der Waals surface area contributed by atoms with Crippen molar-refractivity contribution in [2.45, 2.75) is 101 Å². The first kappa shape index (κ1) is 22.9. The number of benzene rings is 3. The molecule has 4 heteroatoms. The molecule has 2 fully saturated rings. The van der Waals surface area contributed by atoms with Gasteiger partial charge in [-0.05, 0) is 73.7 Å². The minimum atomic E-state index is 0.0985. The smallest absolute Gasteiger partial charge is 0.264 e. The van der Waals surface area contributed by atoms with E-state index < -0.39 is 0 Å². The summed E-state index contributed by atoms with van der Waals surface area (Å²) in [6.07, 6.45) is 10.5. The highest BCUT2D eigenvalue weighted by atomic mass is 32.1. The van der Waals surface area contributed by atoms with Crippen LogP contribution in [0.4, 0.5) is 22.7 Å². The van der Waals surface area contributed by atoms with Crippen molar-refractivity contribution >= 4 is 66.6 Å². The van der Waals surface area contributed by atoms with Gasteiger partial charge in [0.05, 0.1) is 16.8 Å². The van der Waals surface area contributed by atoms with Crippen LogP contribution in [0.3, 0.4) is 0 Å². The molecule has 2 nitrogen and oxygen atoms in total. The third kappa shape index (κ3) is 2.14. The Balaban J connectivity index is 1.43. The normalized spacial score (nSPS) is 34.0. The highest BCUT2D eigenvalue weighted by molar-refractivity contribution is 7.33. The first-order valence-corrected chi connectivity index (χ1v) is 16.6. The topological polar surface area (TPSA) is 6.48 Å². The fraction of sp³-hybridized carbons (Fsp3) is 0.444. The molecule has 4 aromatic rings. The molecule has 2 aliphatic carbocycles. The summed E-state index contributed by atoms with van der Waals surface area (Å²) in [5.41, 5.74) is 13.3. The van der Waals surface area contributed by atoms with Crippen LogP contribution in [0.2, 0.25) is 0 Å². The van der Waals surface area contributed by atoms with Crippen LogP contribution in [0.15, 0.2) is 54.6 Å². The van der Waals surface area contributed by atoms with Crippen molar-refractivity contribution < 1.29 is 0 Å². The molecule has 40 heavy (non-hydrogen) atoms. The van der Waals surface area contributed by atoms with E-state index >= 15 is 0 Å². The van der Waals surface area contributed by atoms with Gasteiger partial charge >= 0.3 is 0 Å². The van der Waals surface area contributed by atoms with Gasteiger partial charge in [-0.25, -0.2) is 0 Å². The van der Waals surface area contributed by atoms with Gasteiger partial charge in [-0.2, -0.15) is 0 Å². The molecule has 0 saturated heterocycles. The largest absolute Gasteiger partial charge is 0.335 e. The summed E-state index contributed by atoms with van der Waals surface area (Å²) < 4.78 is 3.03. The van der Waals surface area contributed by atoms with Crippen molar-refractivity contribution in [3.63, 3.8) is 0 Å². The number of fused-ring (bicyclic) bond motifs is 14. The van der Waals surface area contributed by atoms with E-state index in [-0.39, 0.29) is 21.9 Å². The van der Waals surface area contributed by atoms with Crippen molar-refractivity contribution in [2.24, 2.45) is 0 Å². The molecule has 4 unspecified atom stereocenters. The van der Waals surface area contributed by atoms with Gasteiger partial charge < -0.3 is 9.80 Å². The maximum absolute atomic E-state index is 2.93. The number of rotatable bonds is 0. The van der Waals surface area contributed by atoms with Crippen LogP contribution in [0.25, 0.3) is 10.1 Å². The summed E-state index contributed by atoms with van der Waals surface area (Å²) in [7, 11) is 0. The molecule has 10 rings (SSSR count). The number of hydrogen-bond donors (Lipinski definition) is 0. The Morgan fingerprint density at radius 3 is 2.02 bits per heavy atom. The summed E-state index contributed by atoms with van der Waals surface area (Å²) in [4.78, 5) is 5.81. The highest BCUT2D eigenvalue weighted by Crippen LogP contribution is 2.68. The number of para-hydroxylation sites is 1. The van der Waals surface area contributed by atoms with E-state index in [4.69, 9.17) is 0 Å². The molecule has 0 spiro atoms. The van der Waals surface area contributed by atoms with Gasteiger partial charge in [0.2, 0.25) is 0 Å². The Labute approximate surface area is 242 Å². The molecule has 6 aliphatic rings. The van der Waals surface area contributed by atoms with E-state index in [2.05, 4.69) is 103 Å². The second-order valence-corrected chi connectivity index (χ2v) is 15.8. The number of hydrogen-bond acceptors (Lipinski definition) is 3. The molecule has 4 atom stereocenters. The van der Waals surface area contributed by atoms with Crippen LogP contribution in [-0.4, -0.2) is 17.8 Å². The Hall–Kier alpha value is -2.72. The molecule has 0 amide bonds. The Morgan fingerprint density at radius 2 is 1.27 bits per heavy atom. The van der Waals surface area contributed by atoms with Crippen LogP contribution in [0, 0.1) is 0 Å². The van der Waals surface area contributed by atoms with Crippen molar-refractivity contribution in [1.82, 2.24) is 0 Å². The van der Waals surface area contributed by atoms with E-state index in [9.17, 15) is 0 Å². The molecule has 5 heterocycles. The summed E-state index contributed by atoms with van der Waals surface area (Å²) in [5, 5.41) is 1.46. The van der Waals surface area contributed by atoms with Gasteiger partial charge in [0.25, 0.3) is 6.71 Å². The van der Waals surface area contributed by atoms with Crippen LogP contribution >= 0.6 is 11.3 Å². The maximum Gasteiger partial charge on any atom is 0.264 e. The summed E-state index contributed by atoms with van der Waals surface area (Å²) in [6.45, 7) is 10.8. The first-order valence-electron chi connectivity index (χ1n) is 15.8. The predicted octanol–water partition coefficient (Wildman–Crippen LogP) is 7.53. The minimum Gasteiger partial charge on any atom is -0.335 e. The van der Waals surface area contributed by atoms with Crippen molar-refractivity contribution in [2.75, 3.05) is 9.80 Å². The van der Waals surface area contributed by atoms with Gasteiger partial charge in [0.15, 0.2) is 0 Å². The fourth-order valence-corrected chi connectivity index (χ4v) is 12.2. The van der Waals surface area contributed by atoms with Crippen LogP contribution < -0.4 is 25.5 Å². The molecule has 3 aromatic carbocycles. The van der Waals surface area contributed by atoms with E-state index in [0.717, 1.165) is 0 Å². The monoisotopic (exact) mass is 540 g/mol. The third-order valence-corrected chi connectivity index (χ3v) is 14.6. The van der Waals surface area contributed by atoms with E-state index in [1.807, 2.05) is 0 Å². The van der Waals surface area contributed by atoms with Crippen molar-refractivity contribution in [3.8, 4) is 0 Å². The number of thiophene rings is 1.